The second-order valence-corrected chi connectivity index (χ2v) is 6.33. The van der Waals surface area contributed by atoms with E-state index < -0.39 is 23.6 Å². The first-order chi connectivity index (χ1) is 9.20. The van der Waals surface area contributed by atoms with Gasteiger partial charge in [0, 0.05) is 11.9 Å². The van der Waals surface area contributed by atoms with E-state index in [0.29, 0.717) is 16.9 Å². The minimum absolute atomic E-state index is 0.137. The smallest absolute Gasteiger partial charge is 0.417 e. The summed E-state index contributed by atoms with van der Waals surface area (Å²) in [6.07, 6.45) is -0.357. The van der Waals surface area contributed by atoms with Gasteiger partial charge < -0.3 is 9.84 Å². The van der Waals surface area contributed by atoms with Gasteiger partial charge in [-0.05, 0) is 32.8 Å². The molecule has 20 heavy (non-hydrogen) atoms. The highest BCUT2D eigenvalue weighted by molar-refractivity contribution is 7.12. The topological polar surface area (TPSA) is 83.9 Å². The number of ether oxygens (including phenoxy) is 1. The summed E-state index contributed by atoms with van der Waals surface area (Å²) in [5.74, 6) is -1.54. The predicted molar refractivity (Wildman–Crippen MR) is 72.3 cm³/mol. The molecule has 0 radical (unpaired) electrons. The van der Waals surface area contributed by atoms with E-state index in [2.05, 4.69) is 0 Å². The average Bonchev–Trinajstić information content (AvgIpc) is 2.71. The summed E-state index contributed by atoms with van der Waals surface area (Å²) >= 11 is 1.05. The molecule has 2 amide bonds. The fraction of sp³-hybridized carbons (Fsp3) is 0.462. The number of carbonyl (C=O) groups excluding carboxylic acids is 2. The Morgan fingerprint density at radius 2 is 2.05 bits per heavy atom. The van der Waals surface area contributed by atoms with Gasteiger partial charge in [-0.25, -0.2) is 14.5 Å². The van der Waals surface area contributed by atoms with Crippen LogP contribution in [0.4, 0.5) is 4.79 Å². The second-order valence-electron chi connectivity index (χ2n) is 5.45. The van der Waals surface area contributed by atoms with E-state index in [1.807, 2.05) is 0 Å². The number of carboxylic acids is 1. The number of rotatable bonds is 1. The Labute approximate surface area is 120 Å². The fourth-order valence-electron chi connectivity index (χ4n) is 1.93. The average molecular weight is 297 g/mol. The highest BCUT2D eigenvalue weighted by Crippen LogP contribution is 2.29. The van der Waals surface area contributed by atoms with E-state index in [1.165, 1.54) is 5.38 Å². The van der Waals surface area contributed by atoms with Crippen LogP contribution in [0.1, 0.15) is 46.4 Å². The second kappa shape index (κ2) is 4.90. The normalized spacial score (nSPS) is 14.9. The van der Waals surface area contributed by atoms with Crippen LogP contribution >= 0.6 is 11.3 Å². The number of hydrogen-bond acceptors (Lipinski definition) is 5. The number of carboxylic acid groups (broad SMARTS) is 1. The first-order valence-electron chi connectivity index (χ1n) is 6.09. The molecule has 1 aromatic rings. The lowest BCUT2D eigenvalue weighted by Gasteiger charge is -2.28. The number of hydrogen-bond donors (Lipinski definition) is 1. The van der Waals surface area contributed by atoms with Crippen molar-refractivity contribution in [3.63, 3.8) is 0 Å². The molecule has 0 aliphatic carbocycles. The SMILES string of the molecule is CC(C)(C)OC(=O)N1CCc2c(C(=O)O)csc2C1=O. The minimum atomic E-state index is -1.05. The van der Waals surface area contributed by atoms with Gasteiger partial charge in [0.15, 0.2) is 0 Å². The Morgan fingerprint density at radius 1 is 1.40 bits per heavy atom. The van der Waals surface area contributed by atoms with Crippen molar-refractivity contribution in [1.29, 1.82) is 0 Å². The quantitative estimate of drug-likeness (QED) is 0.860. The molecular weight excluding hydrogens is 282 g/mol. The van der Waals surface area contributed by atoms with Crippen LogP contribution in [-0.2, 0) is 11.2 Å². The van der Waals surface area contributed by atoms with E-state index in [9.17, 15) is 14.4 Å². The van der Waals surface area contributed by atoms with E-state index in [0.717, 1.165) is 16.2 Å². The molecule has 0 unspecified atom stereocenters. The van der Waals surface area contributed by atoms with Gasteiger partial charge in [-0.1, -0.05) is 0 Å². The Balaban J connectivity index is 2.25. The monoisotopic (exact) mass is 297 g/mol. The van der Waals surface area contributed by atoms with Crippen LogP contribution in [0.5, 0.6) is 0 Å². The predicted octanol–water partition coefficient (Wildman–Crippen LogP) is 2.38. The van der Waals surface area contributed by atoms with E-state index in [4.69, 9.17) is 9.84 Å². The molecule has 0 fully saturated rings. The minimum Gasteiger partial charge on any atom is -0.478 e. The third kappa shape index (κ3) is 2.67. The number of amides is 2. The lowest BCUT2D eigenvalue weighted by Crippen LogP contribution is -2.44. The molecule has 108 valence electrons. The van der Waals surface area contributed by atoms with Gasteiger partial charge in [0.1, 0.15) is 5.60 Å². The maximum Gasteiger partial charge on any atom is 0.417 e. The van der Waals surface area contributed by atoms with E-state index in [1.54, 1.807) is 20.8 Å². The molecule has 1 aromatic heterocycles. The Hall–Kier alpha value is -1.89. The number of carbonyl (C=O) groups is 3. The molecule has 0 saturated heterocycles. The van der Waals surface area contributed by atoms with Crippen LogP contribution in [0.15, 0.2) is 5.38 Å². The van der Waals surface area contributed by atoms with Gasteiger partial charge in [0.2, 0.25) is 0 Å². The molecule has 1 aliphatic rings. The van der Waals surface area contributed by atoms with Crippen LogP contribution in [-0.4, -0.2) is 40.1 Å². The molecule has 7 heteroatoms. The number of thiophene rings is 1. The first kappa shape index (κ1) is 14.5. The van der Waals surface area contributed by atoms with Crippen LogP contribution in [0.3, 0.4) is 0 Å². The van der Waals surface area contributed by atoms with Crippen LogP contribution in [0.2, 0.25) is 0 Å². The molecule has 0 spiro atoms. The Bertz CT molecular complexity index is 584. The standard InChI is InChI=1S/C13H15NO5S/c1-13(2,3)19-12(18)14-5-4-7-8(11(16)17)6-20-9(7)10(14)15/h6H,4-5H2,1-3H3,(H,16,17). The molecule has 1 N–H and O–H groups in total. The first-order valence-corrected chi connectivity index (χ1v) is 6.97. The van der Waals surface area contributed by atoms with Crippen LogP contribution in [0.25, 0.3) is 0 Å². The molecule has 2 rings (SSSR count). The molecule has 0 saturated carbocycles. The van der Waals surface area contributed by atoms with Gasteiger partial charge in [-0.3, -0.25) is 4.79 Å². The van der Waals surface area contributed by atoms with Crippen molar-refractivity contribution in [2.45, 2.75) is 32.8 Å². The molecule has 0 atom stereocenters. The summed E-state index contributed by atoms with van der Waals surface area (Å²) in [5.41, 5.74) is -0.0336. The summed E-state index contributed by atoms with van der Waals surface area (Å²) in [6, 6.07) is 0. The van der Waals surface area contributed by atoms with E-state index >= 15 is 0 Å². The van der Waals surface area contributed by atoms with Crippen molar-refractivity contribution < 1.29 is 24.2 Å². The number of imide groups is 1. The van der Waals surface area contributed by atoms with Gasteiger partial charge >= 0.3 is 12.1 Å². The van der Waals surface area contributed by atoms with Gasteiger partial charge in [-0.15, -0.1) is 11.3 Å². The number of fused-ring (bicyclic) bond motifs is 1. The van der Waals surface area contributed by atoms with Crippen molar-refractivity contribution in [2.24, 2.45) is 0 Å². The third-order valence-corrected chi connectivity index (χ3v) is 3.77. The van der Waals surface area contributed by atoms with Gasteiger partial charge in [0.05, 0.1) is 10.4 Å². The van der Waals surface area contributed by atoms with E-state index in [-0.39, 0.29) is 12.1 Å². The maximum absolute atomic E-state index is 12.2. The van der Waals surface area contributed by atoms with Crippen molar-refractivity contribution in [3.8, 4) is 0 Å². The van der Waals surface area contributed by atoms with Crippen molar-refractivity contribution >= 4 is 29.3 Å². The van der Waals surface area contributed by atoms with Crippen molar-refractivity contribution in [1.82, 2.24) is 4.90 Å². The Kier molecular flexibility index (Phi) is 3.56. The molecule has 0 bridgehead atoms. The maximum atomic E-state index is 12.2. The molecule has 6 nitrogen and oxygen atoms in total. The van der Waals surface area contributed by atoms with Crippen LogP contribution in [0, 0.1) is 0 Å². The number of aromatic carboxylic acids is 1. The molecular formula is C13H15NO5S. The lowest BCUT2D eigenvalue weighted by atomic mass is 10.0. The Morgan fingerprint density at radius 3 is 2.60 bits per heavy atom. The molecule has 1 aliphatic heterocycles. The zero-order valence-corrected chi connectivity index (χ0v) is 12.2. The highest BCUT2D eigenvalue weighted by atomic mass is 32.1. The summed E-state index contributed by atoms with van der Waals surface area (Å²) in [5, 5.41) is 10.5. The molecule has 0 aromatic carbocycles. The summed E-state index contributed by atoms with van der Waals surface area (Å²) in [7, 11) is 0. The van der Waals surface area contributed by atoms with Gasteiger partial charge in [0.25, 0.3) is 5.91 Å². The lowest BCUT2D eigenvalue weighted by molar-refractivity contribution is 0.0236. The van der Waals surface area contributed by atoms with Gasteiger partial charge in [-0.2, -0.15) is 0 Å². The van der Waals surface area contributed by atoms with Crippen molar-refractivity contribution in [3.05, 3.63) is 21.4 Å². The largest absolute Gasteiger partial charge is 0.478 e. The summed E-state index contributed by atoms with van der Waals surface area (Å²) in [6.45, 7) is 5.30. The zero-order valence-electron chi connectivity index (χ0n) is 11.4. The highest BCUT2D eigenvalue weighted by Gasteiger charge is 2.35. The number of nitrogens with zero attached hydrogens (tertiary/aromatic N) is 1. The van der Waals surface area contributed by atoms with Crippen molar-refractivity contribution in [2.75, 3.05) is 6.54 Å². The fourth-order valence-corrected chi connectivity index (χ4v) is 2.97. The zero-order chi connectivity index (χ0) is 15.1. The third-order valence-electron chi connectivity index (χ3n) is 2.76. The molecule has 2 heterocycles. The van der Waals surface area contributed by atoms with Crippen LogP contribution < -0.4 is 0 Å². The summed E-state index contributed by atoms with van der Waals surface area (Å²) in [4.78, 5) is 36.5. The summed E-state index contributed by atoms with van der Waals surface area (Å²) < 4.78 is 5.17.